The first-order chi connectivity index (χ1) is 22.1. The summed E-state index contributed by atoms with van der Waals surface area (Å²) < 4.78 is 13.0. The fraction of sp³-hybridized carbons (Fsp3) is 0.378. The fourth-order valence-electron chi connectivity index (χ4n) is 6.15. The minimum atomic E-state index is -0.137. The molecule has 2 aromatic heterocycles. The van der Waals surface area contributed by atoms with Gasteiger partial charge in [-0.2, -0.15) is 0 Å². The third kappa shape index (κ3) is 7.45. The molecule has 8 nitrogen and oxygen atoms in total. The SMILES string of the molecule is CCCCCNC1CCN(c2ccc(-n3c(=O)ccc4cnc5ccc(/C(=C/C=C/OC)CC=N)cc5c43)c(OCC)c2)CC1. The minimum absolute atomic E-state index is 0.137. The number of aromatic nitrogens is 2. The summed E-state index contributed by atoms with van der Waals surface area (Å²) in [5.74, 6) is 0.680. The number of ether oxygens (including phenoxy) is 2. The van der Waals surface area contributed by atoms with Gasteiger partial charge in [0.2, 0.25) is 0 Å². The second-order valence-electron chi connectivity index (χ2n) is 11.5. The van der Waals surface area contributed by atoms with Crippen molar-refractivity contribution in [2.24, 2.45) is 0 Å². The number of unbranched alkanes of at least 4 members (excludes halogenated alkanes) is 2. The number of piperidine rings is 1. The molecule has 0 amide bonds. The van der Waals surface area contributed by atoms with Crippen molar-refractivity contribution >= 4 is 39.3 Å². The minimum Gasteiger partial charge on any atom is -0.504 e. The zero-order valence-corrected chi connectivity index (χ0v) is 26.7. The summed E-state index contributed by atoms with van der Waals surface area (Å²) in [6, 6.07) is 16.2. The van der Waals surface area contributed by atoms with Crippen LogP contribution in [0.5, 0.6) is 5.75 Å². The van der Waals surface area contributed by atoms with E-state index >= 15 is 0 Å². The number of nitrogens with one attached hydrogen (secondary N) is 2. The largest absolute Gasteiger partial charge is 0.504 e. The Bertz CT molecular complexity index is 1730. The summed E-state index contributed by atoms with van der Waals surface area (Å²) in [5.41, 5.74) is 5.16. The Morgan fingerprint density at radius 3 is 2.69 bits per heavy atom. The van der Waals surface area contributed by atoms with Crippen molar-refractivity contribution in [1.29, 1.82) is 5.41 Å². The molecular weight excluding hydrogens is 562 g/mol. The van der Waals surface area contributed by atoms with Crippen LogP contribution >= 0.6 is 0 Å². The van der Waals surface area contributed by atoms with Gasteiger partial charge in [0.05, 0.1) is 36.7 Å². The quantitative estimate of drug-likeness (QED) is 0.0515. The van der Waals surface area contributed by atoms with Gasteiger partial charge in [0.15, 0.2) is 0 Å². The number of allylic oxidation sites excluding steroid dienone is 3. The molecule has 0 unspecified atom stereocenters. The van der Waals surface area contributed by atoms with E-state index in [9.17, 15) is 4.79 Å². The van der Waals surface area contributed by atoms with Gasteiger partial charge in [-0.25, -0.2) is 0 Å². The molecule has 2 aromatic carbocycles. The van der Waals surface area contributed by atoms with Gasteiger partial charge in [-0.15, -0.1) is 0 Å². The first kappa shape index (κ1) is 32.0. The zero-order valence-electron chi connectivity index (χ0n) is 26.7. The van der Waals surface area contributed by atoms with Crippen molar-refractivity contribution in [2.75, 3.05) is 38.3 Å². The molecule has 1 fully saturated rings. The van der Waals surface area contributed by atoms with E-state index in [0.717, 1.165) is 71.1 Å². The lowest BCUT2D eigenvalue weighted by atomic mass is 9.99. The summed E-state index contributed by atoms with van der Waals surface area (Å²) in [6.07, 6.45) is 15.0. The molecule has 1 saturated heterocycles. The number of fused-ring (bicyclic) bond motifs is 3. The number of hydrogen-bond acceptors (Lipinski definition) is 7. The number of pyridine rings is 2. The van der Waals surface area contributed by atoms with Crippen LogP contribution in [0.15, 0.2) is 77.9 Å². The van der Waals surface area contributed by atoms with Gasteiger partial charge in [-0.05, 0) is 86.5 Å². The van der Waals surface area contributed by atoms with E-state index in [-0.39, 0.29) is 5.56 Å². The highest BCUT2D eigenvalue weighted by molar-refractivity contribution is 6.05. The average Bonchev–Trinajstić information content (AvgIpc) is 3.07. The Hall–Kier alpha value is -4.43. The molecule has 0 aliphatic carbocycles. The van der Waals surface area contributed by atoms with Crippen LogP contribution in [0.4, 0.5) is 5.69 Å². The number of methoxy groups -OCH3 is 1. The van der Waals surface area contributed by atoms with Crippen LogP contribution in [0.25, 0.3) is 33.1 Å². The van der Waals surface area contributed by atoms with E-state index in [0.29, 0.717) is 30.5 Å². The van der Waals surface area contributed by atoms with Gasteiger partial charge in [0.1, 0.15) is 5.75 Å². The first-order valence-corrected chi connectivity index (χ1v) is 16.2. The van der Waals surface area contributed by atoms with Gasteiger partial charge in [0, 0.05) is 60.3 Å². The molecule has 0 atom stereocenters. The molecule has 8 heteroatoms. The second-order valence-corrected chi connectivity index (χ2v) is 11.5. The van der Waals surface area contributed by atoms with E-state index in [1.54, 1.807) is 24.0 Å². The number of rotatable bonds is 14. The predicted molar refractivity (Wildman–Crippen MR) is 186 cm³/mol. The molecule has 0 spiro atoms. The van der Waals surface area contributed by atoms with Crippen LogP contribution in [0.3, 0.4) is 0 Å². The molecule has 0 saturated carbocycles. The molecule has 0 radical (unpaired) electrons. The Morgan fingerprint density at radius 1 is 1.09 bits per heavy atom. The van der Waals surface area contributed by atoms with Gasteiger partial charge >= 0.3 is 0 Å². The topological polar surface area (TPSA) is 92.5 Å². The van der Waals surface area contributed by atoms with Crippen LogP contribution in [-0.2, 0) is 4.74 Å². The molecule has 45 heavy (non-hydrogen) atoms. The van der Waals surface area contributed by atoms with Crippen LogP contribution in [0.1, 0.15) is 57.9 Å². The van der Waals surface area contributed by atoms with Gasteiger partial charge < -0.3 is 25.1 Å². The molecule has 0 bridgehead atoms. The molecule has 4 aromatic rings. The van der Waals surface area contributed by atoms with Gasteiger partial charge in [-0.3, -0.25) is 14.3 Å². The second kappa shape index (κ2) is 15.5. The van der Waals surface area contributed by atoms with Crippen molar-refractivity contribution in [2.45, 2.75) is 58.4 Å². The molecular formula is C37H45N5O3. The zero-order chi connectivity index (χ0) is 31.6. The highest BCUT2D eigenvalue weighted by Crippen LogP contribution is 2.34. The molecule has 1 aliphatic rings. The summed E-state index contributed by atoms with van der Waals surface area (Å²) in [5, 5.41) is 13.2. The third-order valence-corrected chi connectivity index (χ3v) is 8.48. The van der Waals surface area contributed by atoms with Gasteiger partial charge in [-0.1, -0.05) is 31.9 Å². The summed E-state index contributed by atoms with van der Waals surface area (Å²) in [7, 11) is 1.60. The lowest BCUT2D eigenvalue weighted by molar-refractivity contribution is 0.338. The number of hydrogen-bond donors (Lipinski definition) is 2. The Morgan fingerprint density at radius 2 is 1.93 bits per heavy atom. The van der Waals surface area contributed by atoms with Crippen molar-refractivity contribution < 1.29 is 9.47 Å². The van der Waals surface area contributed by atoms with E-state index in [1.807, 2.05) is 49.5 Å². The maximum Gasteiger partial charge on any atom is 0.255 e. The van der Waals surface area contributed by atoms with Gasteiger partial charge in [0.25, 0.3) is 5.56 Å². The van der Waals surface area contributed by atoms with Crippen LogP contribution < -0.4 is 20.5 Å². The fourth-order valence-corrected chi connectivity index (χ4v) is 6.15. The third-order valence-electron chi connectivity index (χ3n) is 8.48. The molecule has 236 valence electrons. The van der Waals surface area contributed by atoms with Crippen molar-refractivity contribution in [1.82, 2.24) is 14.9 Å². The normalized spacial score (nSPS) is 14.5. The van der Waals surface area contributed by atoms with E-state index < -0.39 is 0 Å². The highest BCUT2D eigenvalue weighted by Gasteiger charge is 2.21. The lowest BCUT2D eigenvalue weighted by Gasteiger charge is -2.34. The van der Waals surface area contributed by atoms with E-state index in [4.69, 9.17) is 19.9 Å². The van der Waals surface area contributed by atoms with E-state index in [1.165, 1.54) is 25.5 Å². The Kier molecular flexibility index (Phi) is 11.0. The number of anilines is 1. The Labute approximate surface area is 265 Å². The summed E-state index contributed by atoms with van der Waals surface area (Å²) in [4.78, 5) is 20.8. The number of benzene rings is 2. The smallest absolute Gasteiger partial charge is 0.255 e. The number of nitrogens with zero attached hydrogens (tertiary/aromatic N) is 3. The molecule has 2 N–H and O–H groups in total. The first-order valence-electron chi connectivity index (χ1n) is 16.2. The predicted octanol–water partition coefficient (Wildman–Crippen LogP) is 7.27. The summed E-state index contributed by atoms with van der Waals surface area (Å²) >= 11 is 0. The van der Waals surface area contributed by atoms with Crippen LogP contribution in [-0.4, -0.2) is 55.2 Å². The van der Waals surface area contributed by atoms with E-state index in [2.05, 4.69) is 35.3 Å². The average molecular weight is 608 g/mol. The lowest BCUT2D eigenvalue weighted by Crippen LogP contribution is -2.42. The maximum absolute atomic E-state index is 13.7. The summed E-state index contributed by atoms with van der Waals surface area (Å²) in [6.45, 7) is 7.75. The highest BCUT2D eigenvalue weighted by atomic mass is 16.5. The van der Waals surface area contributed by atoms with Crippen LogP contribution in [0, 0.1) is 5.41 Å². The molecule has 1 aliphatic heterocycles. The molecule has 3 heterocycles. The molecule has 5 rings (SSSR count). The van der Waals surface area contributed by atoms with Crippen LogP contribution in [0.2, 0.25) is 0 Å². The van der Waals surface area contributed by atoms with Crippen molar-refractivity contribution in [3.8, 4) is 11.4 Å². The van der Waals surface area contributed by atoms with Crippen molar-refractivity contribution in [3.05, 3.63) is 89.1 Å². The monoisotopic (exact) mass is 607 g/mol. The Balaban J connectivity index is 1.55. The maximum atomic E-state index is 13.7. The van der Waals surface area contributed by atoms with Crippen molar-refractivity contribution in [3.63, 3.8) is 0 Å². The standard InChI is InChI=1S/C37H45N5O3/c1-4-6-7-20-39-30-17-21-41(22-18-30)31-12-14-34(35(25-31)45-5-2)42-36(43)15-11-29-26-40-33-13-10-28(24-32(33)37(29)42)27(16-19-38)9-8-23-44-3/h8-15,19,23-26,30,38-39H,4-7,16-18,20-22H2,1-3H3/b23-8+,27-9+,38-19?.